The Bertz CT molecular complexity index is 974. The van der Waals surface area contributed by atoms with Crippen LogP contribution in [0.4, 0.5) is 0 Å². The smallest absolute Gasteiger partial charge is 0.257 e. The second-order valence-corrected chi connectivity index (χ2v) is 6.38. The zero-order chi connectivity index (χ0) is 19.9. The molecular weight excluding hydrogens is 382 g/mol. The summed E-state index contributed by atoms with van der Waals surface area (Å²) in [5.74, 6) is 0.243. The highest BCUT2D eigenvalue weighted by molar-refractivity contribution is 7.99. The molecule has 0 spiro atoms. The first-order valence-corrected chi connectivity index (χ1v) is 9.13. The minimum Gasteiger partial charge on any atom is -0.497 e. The Balaban J connectivity index is 1.62. The van der Waals surface area contributed by atoms with E-state index < -0.39 is 11.8 Å². The van der Waals surface area contributed by atoms with Crippen molar-refractivity contribution in [2.45, 2.75) is 5.16 Å². The SMILES string of the molecule is COc1ccc(C(=O)NC(=O)CSc2nnnn2-c2ccccc2OC)cc1. The van der Waals surface area contributed by atoms with Gasteiger partial charge in [-0.15, -0.1) is 5.10 Å². The molecule has 3 aromatic rings. The van der Waals surface area contributed by atoms with Crippen molar-refractivity contribution in [1.29, 1.82) is 0 Å². The number of tetrazole rings is 1. The second kappa shape index (κ2) is 9.00. The molecule has 0 saturated carbocycles. The number of ether oxygens (including phenoxy) is 2. The molecule has 0 fully saturated rings. The van der Waals surface area contributed by atoms with Gasteiger partial charge < -0.3 is 9.47 Å². The van der Waals surface area contributed by atoms with Crippen molar-refractivity contribution in [2.75, 3.05) is 20.0 Å². The molecule has 2 amide bonds. The molecule has 9 nitrogen and oxygen atoms in total. The summed E-state index contributed by atoms with van der Waals surface area (Å²) in [6.45, 7) is 0. The summed E-state index contributed by atoms with van der Waals surface area (Å²) in [6, 6.07) is 13.7. The lowest BCUT2D eigenvalue weighted by atomic mass is 10.2. The highest BCUT2D eigenvalue weighted by Crippen LogP contribution is 2.25. The van der Waals surface area contributed by atoms with Gasteiger partial charge in [-0.05, 0) is 46.8 Å². The third kappa shape index (κ3) is 4.46. The van der Waals surface area contributed by atoms with Crippen molar-refractivity contribution >= 4 is 23.6 Å². The van der Waals surface area contributed by atoms with E-state index in [0.29, 0.717) is 27.9 Å². The lowest BCUT2D eigenvalue weighted by Gasteiger charge is -2.09. The number of nitrogens with zero attached hydrogens (tertiary/aromatic N) is 4. The molecule has 0 saturated heterocycles. The third-order valence-corrected chi connectivity index (χ3v) is 4.61. The predicted octanol–water partition coefficient (Wildman–Crippen LogP) is 1.73. The normalized spacial score (nSPS) is 10.4. The number of thioether (sulfide) groups is 1. The first kappa shape index (κ1) is 19.4. The minimum absolute atomic E-state index is 0.0303. The van der Waals surface area contributed by atoms with Gasteiger partial charge in [0.1, 0.15) is 17.2 Å². The fourth-order valence-electron chi connectivity index (χ4n) is 2.33. The highest BCUT2D eigenvalue weighted by atomic mass is 32.2. The molecule has 10 heteroatoms. The summed E-state index contributed by atoms with van der Waals surface area (Å²) >= 11 is 1.11. The van der Waals surface area contributed by atoms with Crippen LogP contribution < -0.4 is 14.8 Å². The van der Waals surface area contributed by atoms with Crippen molar-refractivity contribution in [3.8, 4) is 17.2 Å². The van der Waals surface area contributed by atoms with Crippen molar-refractivity contribution in [3.05, 3.63) is 54.1 Å². The van der Waals surface area contributed by atoms with Crippen LogP contribution >= 0.6 is 11.8 Å². The van der Waals surface area contributed by atoms with E-state index in [2.05, 4.69) is 20.8 Å². The molecule has 1 aromatic heterocycles. The number of para-hydroxylation sites is 2. The summed E-state index contributed by atoms with van der Waals surface area (Å²) in [5.41, 5.74) is 1.00. The minimum atomic E-state index is -0.488. The molecule has 28 heavy (non-hydrogen) atoms. The number of nitrogens with one attached hydrogen (secondary N) is 1. The average Bonchev–Trinajstić information content (AvgIpc) is 3.20. The van der Waals surface area contributed by atoms with E-state index in [1.165, 1.54) is 11.8 Å². The van der Waals surface area contributed by atoms with Crippen molar-refractivity contribution in [3.63, 3.8) is 0 Å². The van der Waals surface area contributed by atoms with Gasteiger partial charge in [0.25, 0.3) is 5.91 Å². The lowest BCUT2D eigenvalue weighted by molar-refractivity contribution is -0.117. The molecule has 0 bridgehead atoms. The average molecular weight is 399 g/mol. The number of imide groups is 1. The van der Waals surface area contributed by atoms with Gasteiger partial charge in [-0.1, -0.05) is 23.9 Å². The van der Waals surface area contributed by atoms with Crippen LogP contribution in [0.3, 0.4) is 0 Å². The quantitative estimate of drug-likeness (QED) is 0.599. The molecule has 0 aliphatic carbocycles. The van der Waals surface area contributed by atoms with Crippen LogP contribution in [-0.2, 0) is 4.79 Å². The monoisotopic (exact) mass is 399 g/mol. The van der Waals surface area contributed by atoms with Crippen LogP contribution in [0.15, 0.2) is 53.7 Å². The number of carbonyl (C=O) groups excluding carboxylic acids is 2. The first-order chi connectivity index (χ1) is 13.6. The molecule has 3 rings (SSSR count). The molecule has 0 radical (unpaired) electrons. The first-order valence-electron chi connectivity index (χ1n) is 8.15. The summed E-state index contributed by atoms with van der Waals surface area (Å²) in [7, 11) is 3.09. The Hall–Kier alpha value is -3.40. The van der Waals surface area contributed by atoms with E-state index in [9.17, 15) is 9.59 Å². The molecular formula is C18H17N5O4S. The topological polar surface area (TPSA) is 108 Å². The number of rotatable bonds is 7. The molecule has 1 N–H and O–H groups in total. The van der Waals surface area contributed by atoms with E-state index in [-0.39, 0.29) is 5.75 Å². The highest BCUT2D eigenvalue weighted by Gasteiger charge is 2.16. The number of hydrogen-bond donors (Lipinski definition) is 1. The largest absolute Gasteiger partial charge is 0.497 e. The van der Waals surface area contributed by atoms with Crippen LogP contribution in [0.1, 0.15) is 10.4 Å². The molecule has 144 valence electrons. The van der Waals surface area contributed by atoms with Gasteiger partial charge >= 0.3 is 0 Å². The number of hydrogen-bond acceptors (Lipinski definition) is 8. The van der Waals surface area contributed by atoms with Crippen LogP contribution in [0, 0.1) is 0 Å². The van der Waals surface area contributed by atoms with E-state index in [1.54, 1.807) is 43.5 Å². The predicted molar refractivity (Wildman–Crippen MR) is 102 cm³/mol. The number of benzene rings is 2. The van der Waals surface area contributed by atoms with Gasteiger partial charge in [0, 0.05) is 5.56 Å². The van der Waals surface area contributed by atoms with E-state index in [1.807, 2.05) is 12.1 Å². The van der Waals surface area contributed by atoms with Gasteiger partial charge in [-0.25, -0.2) is 0 Å². The van der Waals surface area contributed by atoms with E-state index >= 15 is 0 Å². The van der Waals surface area contributed by atoms with Crippen LogP contribution in [0.2, 0.25) is 0 Å². The van der Waals surface area contributed by atoms with Gasteiger partial charge in [-0.3, -0.25) is 14.9 Å². The van der Waals surface area contributed by atoms with Crippen molar-refractivity contribution < 1.29 is 19.1 Å². The zero-order valence-corrected chi connectivity index (χ0v) is 16.0. The van der Waals surface area contributed by atoms with Gasteiger partial charge in [0.05, 0.1) is 20.0 Å². The summed E-state index contributed by atoms with van der Waals surface area (Å²) < 4.78 is 11.8. The van der Waals surface area contributed by atoms with Crippen LogP contribution in [0.5, 0.6) is 11.5 Å². The maximum Gasteiger partial charge on any atom is 0.257 e. The Labute approximate surface area is 165 Å². The third-order valence-electron chi connectivity index (χ3n) is 3.69. The fraction of sp³-hybridized carbons (Fsp3) is 0.167. The van der Waals surface area contributed by atoms with E-state index in [0.717, 1.165) is 11.8 Å². The Morgan fingerprint density at radius 3 is 2.54 bits per heavy atom. The Kier molecular flexibility index (Phi) is 6.22. The molecule has 0 unspecified atom stereocenters. The van der Waals surface area contributed by atoms with Crippen LogP contribution in [0.25, 0.3) is 5.69 Å². The van der Waals surface area contributed by atoms with Crippen molar-refractivity contribution in [2.24, 2.45) is 0 Å². The zero-order valence-electron chi connectivity index (χ0n) is 15.2. The number of methoxy groups -OCH3 is 2. The number of carbonyl (C=O) groups is 2. The maximum absolute atomic E-state index is 12.1. The Morgan fingerprint density at radius 2 is 1.82 bits per heavy atom. The van der Waals surface area contributed by atoms with Gasteiger partial charge in [0.15, 0.2) is 0 Å². The molecule has 0 aliphatic rings. The van der Waals surface area contributed by atoms with Crippen LogP contribution in [-0.4, -0.2) is 52.0 Å². The number of amides is 2. The summed E-state index contributed by atoms with van der Waals surface area (Å²) in [6.07, 6.45) is 0. The van der Waals surface area contributed by atoms with Gasteiger partial charge in [0.2, 0.25) is 11.1 Å². The Morgan fingerprint density at radius 1 is 1.07 bits per heavy atom. The maximum atomic E-state index is 12.1. The molecule has 1 heterocycles. The van der Waals surface area contributed by atoms with E-state index in [4.69, 9.17) is 9.47 Å². The van der Waals surface area contributed by atoms with Gasteiger partial charge in [-0.2, -0.15) is 4.68 Å². The second-order valence-electron chi connectivity index (χ2n) is 5.44. The standard InChI is InChI=1S/C18H17N5O4S/c1-26-13-9-7-12(8-10-13)17(25)19-16(24)11-28-18-20-21-22-23(18)14-5-3-4-6-15(14)27-2/h3-10H,11H2,1-2H3,(H,19,24,25). The summed E-state index contributed by atoms with van der Waals surface area (Å²) in [5, 5.41) is 14.3. The molecule has 2 aromatic carbocycles. The fourth-order valence-corrected chi connectivity index (χ4v) is 3.02. The van der Waals surface area contributed by atoms with Crippen molar-refractivity contribution in [1.82, 2.24) is 25.5 Å². The molecule has 0 atom stereocenters. The lowest BCUT2D eigenvalue weighted by Crippen LogP contribution is -2.31. The summed E-state index contributed by atoms with van der Waals surface area (Å²) in [4.78, 5) is 24.3. The molecule has 0 aliphatic heterocycles. The number of aromatic nitrogens is 4.